The van der Waals surface area contributed by atoms with Crippen LogP contribution in [0.3, 0.4) is 0 Å². The Bertz CT molecular complexity index is 465. The number of nitrogen functional groups attached to an aromatic ring is 1. The summed E-state index contributed by atoms with van der Waals surface area (Å²) in [5.41, 5.74) is 7.52. The van der Waals surface area contributed by atoms with Crippen LogP contribution in [0.5, 0.6) is 5.75 Å². The highest BCUT2D eigenvalue weighted by Crippen LogP contribution is 2.14. The van der Waals surface area contributed by atoms with Crippen LogP contribution in [0.2, 0.25) is 0 Å². The van der Waals surface area contributed by atoms with Gasteiger partial charge in [0, 0.05) is 18.0 Å². The highest BCUT2D eigenvalue weighted by atomic mass is 16.5. The second-order valence-electron chi connectivity index (χ2n) is 3.70. The normalized spacial score (nSPS) is 10.3. The highest BCUT2D eigenvalue weighted by molar-refractivity contribution is 5.43. The molecular weight excluding hydrogens is 202 g/mol. The third-order valence-electron chi connectivity index (χ3n) is 2.21. The fraction of sp³-hybridized carbons (Fsp3) is 0.250. The molecule has 1 heterocycles. The summed E-state index contributed by atoms with van der Waals surface area (Å²) in [5.74, 6) is 0.795. The maximum Gasteiger partial charge on any atom is 0.121 e. The summed E-state index contributed by atoms with van der Waals surface area (Å²) in [6.07, 6.45) is 3.82. The second-order valence-corrected chi connectivity index (χ2v) is 3.70. The van der Waals surface area contributed by atoms with Crippen LogP contribution in [0.25, 0.3) is 0 Å². The van der Waals surface area contributed by atoms with Crippen LogP contribution in [-0.4, -0.2) is 16.4 Å². The smallest absolute Gasteiger partial charge is 0.121 e. The van der Waals surface area contributed by atoms with Crippen molar-refractivity contribution in [3.8, 4) is 5.75 Å². The van der Waals surface area contributed by atoms with E-state index in [0.29, 0.717) is 12.3 Å². The van der Waals surface area contributed by atoms with Crippen LogP contribution < -0.4 is 10.5 Å². The summed E-state index contributed by atoms with van der Waals surface area (Å²) in [7, 11) is 0. The van der Waals surface area contributed by atoms with Crippen LogP contribution in [-0.2, 0) is 6.54 Å². The predicted octanol–water partition coefficient (Wildman–Crippen LogP) is 1.85. The monoisotopic (exact) mass is 217 g/mol. The van der Waals surface area contributed by atoms with Gasteiger partial charge in [-0.05, 0) is 24.6 Å². The molecule has 0 fully saturated rings. The number of nitrogens with zero attached hydrogens (tertiary/aromatic N) is 2. The Morgan fingerprint density at radius 1 is 1.44 bits per heavy atom. The van der Waals surface area contributed by atoms with Crippen LogP contribution in [0.1, 0.15) is 5.56 Å². The van der Waals surface area contributed by atoms with Crippen molar-refractivity contribution in [2.24, 2.45) is 0 Å². The van der Waals surface area contributed by atoms with Crippen LogP contribution >= 0.6 is 0 Å². The zero-order chi connectivity index (χ0) is 11.4. The maximum absolute atomic E-state index is 5.65. The molecule has 0 atom stereocenters. The molecule has 1 aromatic carbocycles. The number of nitrogens with two attached hydrogens (primary N) is 1. The number of rotatable bonds is 4. The second kappa shape index (κ2) is 4.70. The maximum atomic E-state index is 5.65. The molecule has 84 valence electrons. The number of benzene rings is 1. The lowest BCUT2D eigenvalue weighted by Gasteiger charge is -2.06. The van der Waals surface area contributed by atoms with E-state index in [1.165, 1.54) is 0 Å². The lowest BCUT2D eigenvalue weighted by atomic mass is 10.3. The standard InChI is InChI=1S/C12H15N3O/c1-10-8-14-15(9-10)5-6-16-12-4-2-3-11(13)7-12/h2-4,7-9H,5-6,13H2,1H3. The van der Waals surface area contributed by atoms with Gasteiger partial charge in [0.25, 0.3) is 0 Å². The van der Waals surface area contributed by atoms with E-state index in [9.17, 15) is 0 Å². The van der Waals surface area contributed by atoms with Gasteiger partial charge in [-0.25, -0.2) is 0 Å². The van der Waals surface area contributed by atoms with Gasteiger partial charge in [-0.15, -0.1) is 0 Å². The molecule has 0 radical (unpaired) electrons. The number of ether oxygens (including phenoxy) is 1. The molecule has 0 aliphatic carbocycles. The van der Waals surface area contributed by atoms with E-state index in [-0.39, 0.29) is 0 Å². The summed E-state index contributed by atoms with van der Waals surface area (Å²) < 4.78 is 7.42. The quantitative estimate of drug-likeness (QED) is 0.795. The van der Waals surface area contributed by atoms with E-state index in [0.717, 1.165) is 17.9 Å². The molecule has 2 aromatic rings. The van der Waals surface area contributed by atoms with Gasteiger partial charge in [0.2, 0.25) is 0 Å². The number of hydrogen-bond acceptors (Lipinski definition) is 3. The van der Waals surface area contributed by atoms with Crippen molar-refractivity contribution in [1.82, 2.24) is 9.78 Å². The Morgan fingerprint density at radius 2 is 2.31 bits per heavy atom. The molecule has 4 heteroatoms. The van der Waals surface area contributed by atoms with Crippen molar-refractivity contribution in [1.29, 1.82) is 0 Å². The van der Waals surface area contributed by atoms with Crippen molar-refractivity contribution < 1.29 is 4.74 Å². The Hall–Kier alpha value is -1.97. The van der Waals surface area contributed by atoms with Crippen LogP contribution in [0.15, 0.2) is 36.7 Å². The molecule has 2 N–H and O–H groups in total. The van der Waals surface area contributed by atoms with Gasteiger partial charge in [-0.3, -0.25) is 4.68 Å². The first kappa shape index (κ1) is 10.5. The van der Waals surface area contributed by atoms with E-state index >= 15 is 0 Å². The number of aryl methyl sites for hydroxylation is 1. The largest absolute Gasteiger partial charge is 0.492 e. The van der Waals surface area contributed by atoms with E-state index in [1.54, 1.807) is 0 Å². The molecule has 0 saturated heterocycles. The number of anilines is 1. The summed E-state index contributed by atoms with van der Waals surface area (Å²) in [6, 6.07) is 7.42. The molecule has 0 saturated carbocycles. The molecule has 16 heavy (non-hydrogen) atoms. The molecule has 0 spiro atoms. The van der Waals surface area contributed by atoms with Crippen molar-refractivity contribution in [3.63, 3.8) is 0 Å². The number of hydrogen-bond donors (Lipinski definition) is 1. The Balaban J connectivity index is 1.84. The third kappa shape index (κ3) is 2.76. The molecule has 0 aliphatic rings. The van der Waals surface area contributed by atoms with Gasteiger partial charge in [0.15, 0.2) is 0 Å². The number of aromatic nitrogens is 2. The fourth-order valence-electron chi connectivity index (χ4n) is 1.45. The minimum absolute atomic E-state index is 0.588. The van der Waals surface area contributed by atoms with Crippen molar-refractivity contribution in [3.05, 3.63) is 42.2 Å². The first-order chi connectivity index (χ1) is 7.74. The molecule has 4 nitrogen and oxygen atoms in total. The average Bonchev–Trinajstić information content (AvgIpc) is 2.64. The molecule has 0 aliphatic heterocycles. The van der Waals surface area contributed by atoms with Crippen molar-refractivity contribution in [2.75, 3.05) is 12.3 Å². The predicted molar refractivity (Wildman–Crippen MR) is 63.3 cm³/mol. The van der Waals surface area contributed by atoms with E-state index < -0.39 is 0 Å². The van der Waals surface area contributed by atoms with Gasteiger partial charge >= 0.3 is 0 Å². The van der Waals surface area contributed by atoms with E-state index in [2.05, 4.69) is 5.10 Å². The lowest BCUT2D eigenvalue weighted by Crippen LogP contribution is -2.08. The summed E-state index contributed by atoms with van der Waals surface area (Å²) in [4.78, 5) is 0. The Labute approximate surface area is 94.6 Å². The van der Waals surface area contributed by atoms with Gasteiger partial charge in [0.1, 0.15) is 12.4 Å². The zero-order valence-corrected chi connectivity index (χ0v) is 9.26. The lowest BCUT2D eigenvalue weighted by molar-refractivity contribution is 0.291. The van der Waals surface area contributed by atoms with Crippen molar-refractivity contribution in [2.45, 2.75) is 13.5 Å². The third-order valence-corrected chi connectivity index (χ3v) is 2.21. The summed E-state index contributed by atoms with van der Waals surface area (Å²) in [6.45, 7) is 3.34. The first-order valence-corrected chi connectivity index (χ1v) is 5.21. The van der Waals surface area contributed by atoms with Crippen LogP contribution in [0.4, 0.5) is 5.69 Å². The van der Waals surface area contributed by atoms with Crippen LogP contribution in [0, 0.1) is 6.92 Å². The molecule has 0 amide bonds. The molecule has 0 bridgehead atoms. The van der Waals surface area contributed by atoms with Gasteiger partial charge in [0.05, 0.1) is 12.7 Å². The average molecular weight is 217 g/mol. The van der Waals surface area contributed by atoms with Crippen molar-refractivity contribution >= 4 is 5.69 Å². The van der Waals surface area contributed by atoms with Gasteiger partial charge in [-0.2, -0.15) is 5.10 Å². The fourth-order valence-corrected chi connectivity index (χ4v) is 1.45. The molecule has 2 rings (SSSR count). The van der Waals surface area contributed by atoms with Gasteiger partial charge in [-0.1, -0.05) is 6.07 Å². The van der Waals surface area contributed by atoms with Gasteiger partial charge < -0.3 is 10.5 Å². The molecular formula is C12H15N3O. The topological polar surface area (TPSA) is 53.1 Å². The van der Waals surface area contributed by atoms with E-state index in [4.69, 9.17) is 10.5 Å². The zero-order valence-electron chi connectivity index (χ0n) is 9.26. The molecule has 1 aromatic heterocycles. The SMILES string of the molecule is Cc1cnn(CCOc2cccc(N)c2)c1. The Morgan fingerprint density at radius 3 is 3.00 bits per heavy atom. The minimum Gasteiger partial charge on any atom is -0.492 e. The Kier molecular flexibility index (Phi) is 3.10. The highest BCUT2D eigenvalue weighted by Gasteiger charge is 1.96. The minimum atomic E-state index is 0.588. The summed E-state index contributed by atoms with van der Waals surface area (Å²) >= 11 is 0. The molecule has 0 unspecified atom stereocenters. The van der Waals surface area contributed by atoms with E-state index in [1.807, 2.05) is 48.3 Å². The first-order valence-electron chi connectivity index (χ1n) is 5.21. The summed E-state index contributed by atoms with van der Waals surface area (Å²) in [5, 5.41) is 4.18.